The van der Waals surface area contributed by atoms with Crippen LogP contribution in [0.3, 0.4) is 0 Å². The molecule has 0 bridgehead atoms. The summed E-state index contributed by atoms with van der Waals surface area (Å²) in [6.45, 7) is 4.88. The fraction of sp³-hybridized carbons (Fsp3) is 0.500. The van der Waals surface area contributed by atoms with Gasteiger partial charge in [-0.3, -0.25) is 4.79 Å². The number of hydrogen-bond donors (Lipinski definition) is 1. The van der Waals surface area contributed by atoms with Gasteiger partial charge in [-0.2, -0.15) is 5.10 Å². The van der Waals surface area contributed by atoms with E-state index in [0.29, 0.717) is 6.54 Å². The number of nitrogens with one attached hydrogen (secondary N) is 1. The SMILES string of the molecule is CCn1cnnc1CNC(=O)[C@H](C)n1cncn1. The molecule has 0 radical (unpaired) electrons. The molecule has 0 unspecified atom stereocenters. The van der Waals surface area contributed by atoms with Crippen molar-refractivity contribution in [3.63, 3.8) is 0 Å². The zero-order chi connectivity index (χ0) is 13.0. The van der Waals surface area contributed by atoms with Crippen molar-refractivity contribution in [1.82, 2.24) is 34.8 Å². The molecule has 0 aliphatic rings. The van der Waals surface area contributed by atoms with Crippen LogP contribution in [0.25, 0.3) is 0 Å². The van der Waals surface area contributed by atoms with Gasteiger partial charge in [0.05, 0.1) is 6.54 Å². The summed E-state index contributed by atoms with van der Waals surface area (Å²) in [4.78, 5) is 15.7. The average molecular weight is 249 g/mol. The van der Waals surface area contributed by atoms with Crippen molar-refractivity contribution < 1.29 is 4.79 Å². The minimum absolute atomic E-state index is 0.133. The van der Waals surface area contributed by atoms with Crippen molar-refractivity contribution in [2.45, 2.75) is 33.0 Å². The number of rotatable bonds is 5. The Morgan fingerprint density at radius 1 is 1.50 bits per heavy atom. The van der Waals surface area contributed by atoms with E-state index in [1.807, 2.05) is 11.5 Å². The van der Waals surface area contributed by atoms with Crippen molar-refractivity contribution in [3.05, 3.63) is 24.8 Å². The second-order valence-electron chi connectivity index (χ2n) is 3.80. The molecule has 0 aromatic carbocycles. The molecule has 0 fully saturated rings. The molecule has 8 heteroatoms. The van der Waals surface area contributed by atoms with E-state index in [2.05, 4.69) is 25.6 Å². The van der Waals surface area contributed by atoms with Gasteiger partial charge in [-0.05, 0) is 13.8 Å². The molecule has 0 aliphatic carbocycles. The van der Waals surface area contributed by atoms with Gasteiger partial charge in [-0.25, -0.2) is 9.67 Å². The Hall–Kier alpha value is -2.25. The Morgan fingerprint density at radius 2 is 2.33 bits per heavy atom. The first kappa shape index (κ1) is 12.2. The molecular formula is C10H15N7O. The third kappa shape index (κ3) is 2.53. The number of amides is 1. The summed E-state index contributed by atoms with van der Waals surface area (Å²) in [6, 6.07) is -0.398. The lowest BCUT2D eigenvalue weighted by Gasteiger charge is -2.11. The highest BCUT2D eigenvalue weighted by Crippen LogP contribution is 2.02. The molecule has 1 atom stereocenters. The number of aromatic nitrogens is 6. The molecule has 2 aromatic heterocycles. The molecule has 1 amide bonds. The highest BCUT2D eigenvalue weighted by atomic mass is 16.2. The second-order valence-corrected chi connectivity index (χ2v) is 3.80. The topological polar surface area (TPSA) is 90.5 Å². The Morgan fingerprint density at radius 3 is 3.00 bits per heavy atom. The van der Waals surface area contributed by atoms with Crippen LogP contribution >= 0.6 is 0 Å². The minimum Gasteiger partial charge on any atom is -0.347 e. The van der Waals surface area contributed by atoms with Gasteiger partial charge in [0, 0.05) is 6.54 Å². The summed E-state index contributed by atoms with van der Waals surface area (Å²) in [5, 5.41) is 14.5. The minimum atomic E-state index is -0.398. The standard InChI is InChI=1S/C10H15N7O/c1-3-16-7-13-15-9(16)4-12-10(18)8(2)17-6-11-5-14-17/h5-8H,3-4H2,1-2H3,(H,12,18)/t8-/m0/s1. The van der Waals surface area contributed by atoms with Crippen LogP contribution in [0, 0.1) is 0 Å². The van der Waals surface area contributed by atoms with Crippen LogP contribution < -0.4 is 5.32 Å². The van der Waals surface area contributed by atoms with E-state index >= 15 is 0 Å². The van der Waals surface area contributed by atoms with E-state index in [1.165, 1.54) is 17.3 Å². The fourth-order valence-electron chi connectivity index (χ4n) is 1.53. The molecule has 0 saturated heterocycles. The van der Waals surface area contributed by atoms with Crippen LogP contribution in [-0.2, 0) is 17.9 Å². The van der Waals surface area contributed by atoms with E-state index in [0.717, 1.165) is 12.4 Å². The van der Waals surface area contributed by atoms with Crippen LogP contribution in [0.15, 0.2) is 19.0 Å². The van der Waals surface area contributed by atoms with Gasteiger partial charge in [0.2, 0.25) is 5.91 Å². The van der Waals surface area contributed by atoms with Gasteiger partial charge in [0.15, 0.2) is 5.82 Å². The molecule has 8 nitrogen and oxygen atoms in total. The number of nitrogens with zero attached hydrogens (tertiary/aromatic N) is 6. The summed E-state index contributed by atoms with van der Waals surface area (Å²) >= 11 is 0. The summed E-state index contributed by atoms with van der Waals surface area (Å²) < 4.78 is 3.38. The summed E-state index contributed by atoms with van der Waals surface area (Å²) in [5.41, 5.74) is 0. The molecule has 2 aromatic rings. The molecule has 18 heavy (non-hydrogen) atoms. The molecular weight excluding hydrogens is 234 g/mol. The van der Waals surface area contributed by atoms with E-state index in [4.69, 9.17) is 0 Å². The molecule has 1 N–H and O–H groups in total. The first-order valence-electron chi connectivity index (χ1n) is 5.71. The highest BCUT2D eigenvalue weighted by Gasteiger charge is 2.15. The van der Waals surface area contributed by atoms with Gasteiger partial charge >= 0.3 is 0 Å². The Kier molecular flexibility index (Phi) is 3.66. The number of hydrogen-bond acceptors (Lipinski definition) is 5. The highest BCUT2D eigenvalue weighted by molar-refractivity contribution is 5.79. The van der Waals surface area contributed by atoms with Crippen molar-refractivity contribution in [2.24, 2.45) is 0 Å². The van der Waals surface area contributed by atoms with Crippen molar-refractivity contribution in [2.75, 3.05) is 0 Å². The van der Waals surface area contributed by atoms with Crippen LogP contribution in [-0.4, -0.2) is 35.4 Å². The maximum Gasteiger partial charge on any atom is 0.245 e. The van der Waals surface area contributed by atoms with Crippen LogP contribution in [0.2, 0.25) is 0 Å². The van der Waals surface area contributed by atoms with E-state index in [9.17, 15) is 4.79 Å². The van der Waals surface area contributed by atoms with Crippen molar-refractivity contribution in [1.29, 1.82) is 0 Å². The predicted octanol–water partition coefficient (Wildman–Crippen LogP) is -0.233. The predicted molar refractivity (Wildman–Crippen MR) is 62.3 cm³/mol. The van der Waals surface area contributed by atoms with Gasteiger partial charge in [-0.15, -0.1) is 10.2 Å². The lowest BCUT2D eigenvalue weighted by atomic mass is 10.3. The molecule has 0 aliphatic heterocycles. The Balaban J connectivity index is 1.92. The van der Waals surface area contributed by atoms with Crippen molar-refractivity contribution >= 4 is 5.91 Å². The third-order valence-electron chi connectivity index (χ3n) is 2.67. The first-order valence-corrected chi connectivity index (χ1v) is 5.71. The zero-order valence-electron chi connectivity index (χ0n) is 10.3. The third-order valence-corrected chi connectivity index (χ3v) is 2.67. The second kappa shape index (κ2) is 5.39. The quantitative estimate of drug-likeness (QED) is 0.790. The monoisotopic (exact) mass is 249 g/mol. The van der Waals surface area contributed by atoms with Crippen LogP contribution in [0.1, 0.15) is 25.7 Å². The van der Waals surface area contributed by atoms with Crippen LogP contribution in [0.4, 0.5) is 0 Å². The zero-order valence-corrected chi connectivity index (χ0v) is 10.3. The largest absolute Gasteiger partial charge is 0.347 e. The van der Waals surface area contributed by atoms with E-state index in [1.54, 1.807) is 13.3 Å². The van der Waals surface area contributed by atoms with Gasteiger partial charge < -0.3 is 9.88 Å². The smallest absolute Gasteiger partial charge is 0.245 e. The molecule has 0 saturated carbocycles. The normalized spacial score (nSPS) is 12.3. The molecule has 0 spiro atoms. The maximum atomic E-state index is 11.9. The average Bonchev–Trinajstić information content (AvgIpc) is 3.05. The number of carbonyl (C=O) groups is 1. The molecule has 96 valence electrons. The lowest BCUT2D eigenvalue weighted by molar-refractivity contribution is -0.124. The van der Waals surface area contributed by atoms with Gasteiger partial charge in [-0.1, -0.05) is 0 Å². The van der Waals surface area contributed by atoms with E-state index < -0.39 is 6.04 Å². The number of aryl methyl sites for hydroxylation is 1. The van der Waals surface area contributed by atoms with E-state index in [-0.39, 0.29) is 5.91 Å². The summed E-state index contributed by atoms with van der Waals surface area (Å²) in [6.07, 6.45) is 4.55. The molecule has 2 rings (SSSR count). The summed E-state index contributed by atoms with van der Waals surface area (Å²) in [5.74, 6) is 0.600. The lowest BCUT2D eigenvalue weighted by Crippen LogP contribution is -2.31. The maximum absolute atomic E-state index is 11.9. The van der Waals surface area contributed by atoms with Crippen LogP contribution in [0.5, 0.6) is 0 Å². The number of carbonyl (C=O) groups excluding carboxylic acids is 1. The molecule has 2 heterocycles. The summed E-state index contributed by atoms with van der Waals surface area (Å²) in [7, 11) is 0. The Labute approximate surface area is 104 Å². The Bertz CT molecular complexity index is 504. The van der Waals surface area contributed by atoms with Gasteiger partial charge in [0.1, 0.15) is 25.0 Å². The van der Waals surface area contributed by atoms with Gasteiger partial charge in [0.25, 0.3) is 0 Å². The van der Waals surface area contributed by atoms with Crippen molar-refractivity contribution in [3.8, 4) is 0 Å². The fourth-order valence-corrected chi connectivity index (χ4v) is 1.53. The first-order chi connectivity index (χ1) is 8.72.